The molecule has 2 heterocycles. The molecule has 0 radical (unpaired) electrons. The molecular weight excluding hydrogens is 637 g/mol. The van der Waals surface area contributed by atoms with Crippen LogP contribution in [0.25, 0.3) is 6.08 Å². The van der Waals surface area contributed by atoms with Crippen LogP contribution in [0.15, 0.2) is 116 Å². The monoisotopic (exact) mass is 674 g/mol. The molecule has 254 valence electrons. The number of benzene rings is 4. The predicted molar refractivity (Wildman–Crippen MR) is 196 cm³/mol. The van der Waals surface area contributed by atoms with Crippen LogP contribution in [0.3, 0.4) is 0 Å². The SMILES string of the molecule is CC=Cc1ccc(Oc2cc(Cn3ccnc3)ccc2C#N)c(OC)c1.N#Cc1ccc(Cn2ccnc2)cc1Oc1ccc2c(c1)CCCC2. The number of ether oxygens (including phenoxy) is 3. The highest BCUT2D eigenvalue weighted by Crippen LogP contribution is 2.35. The summed E-state index contributed by atoms with van der Waals surface area (Å²) in [6.07, 6.45) is 19.5. The van der Waals surface area contributed by atoms with Gasteiger partial charge in [0.05, 0.1) is 30.9 Å². The summed E-state index contributed by atoms with van der Waals surface area (Å²) in [6.45, 7) is 3.31. The van der Waals surface area contributed by atoms with Crippen LogP contribution in [-0.4, -0.2) is 26.2 Å². The Balaban J connectivity index is 0.000000176. The summed E-state index contributed by atoms with van der Waals surface area (Å²) in [6, 6.07) is 27.6. The van der Waals surface area contributed by atoms with Crippen LogP contribution < -0.4 is 14.2 Å². The second kappa shape index (κ2) is 16.7. The van der Waals surface area contributed by atoms with Crippen LogP contribution in [0.5, 0.6) is 28.7 Å². The first-order valence-electron chi connectivity index (χ1n) is 16.8. The number of hydrogen-bond acceptors (Lipinski definition) is 7. The molecule has 0 saturated carbocycles. The molecule has 0 unspecified atom stereocenters. The van der Waals surface area contributed by atoms with Gasteiger partial charge in [0.1, 0.15) is 29.4 Å². The van der Waals surface area contributed by atoms with E-state index < -0.39 is 0 Å². The minimum Gasteiger partial charge on any atom is -0.493 e. The van der Waals surface area contributed by atoms with Gasteiger partial charge in [-0.3, -0.25) is 0 Å². The Morgan fingerprint density at radius 1 is 0.686 bits per heavy atom. The zero-order valence-electron chi connectivity index (χ0n) is 28.7. The standard InChI is InChI=1S/C21H19N3O2.C21H19N3O/c1-3-4-16-6-8-19(21(11-16)25-2)26-20-12-17(5-7-18(20)13-22)14-24-10-9-23-15-24;22-13-19-6-5-16(14-24-10-9-23-15-24)11-21(19)25-20-8-7-17-3-1-2-4-18(17)12-20/h3-12,15H,14H2,1-2H3;5-12,15H,1-4,14H2. The maximum atomic E-state index is 9.40. The van der Waals surface area contributed by atoms with E-state index in [1.165, 1.54) is 24.0 Å². The quantitative estimate of drug-likeness (QED) is 0.143. The Morgan fingerprint density at radius 2 is 1.31 bits per heavy atom. The summed E-state index contributed by atoms with van der Waals surface area (Å²) in [5, 5.41) is 18.8. The van der Waals surface area contributed by atoms with Crippen LogP contribution in [0.4, 0.5) is 0 Å². The fourth-order valence-corrected chi connectivity index (χ4v) is 5.95. The smallest absolute Gasteiger partial charge is 0.169 e. The van der Waals surface area contributed by atoms with E-state index >= 15 is 0 Å². The van der Waals surface area contributed by atoms with Crippen molar-refractivity contribution in [2.45, 2.75) is 45.7 Å². The maximum Gasteiger partial charge on any atom is 0.169 e. The van der Waals surface area contributed by atoms with Crippen LogP contribution in [0, 0.1) is 22.7 Å². The van der Waals surface area contributed by atoms with Gasteiger partial charge in [-0.15, -0.1) is 0 Å². The fraction of sp³-hybridized carbons (Fsp3) is 0.190. The molecule has 0 atom stereocenters. The highest BCUT2D eigenvalue weighted by atomic mass is 16.5. The van der Waals surface area contributed by atoms with Crippen molar-refractivity contribution >= 4 is 6.08 Å². The number of aryl methyl sites for hydroxylation is 2. The number of hydrogen-bond donors (Lipinski definition) is 0. The molecule has 7 rings (SSSR count). The summed E-state index contributed by atoms with van der Waals surface area (Å²) in [7, 11) is 1.60. The Hall–Kier alpha value is -6.58. The Kier molecular flexibility index (Phi) is 11.2. The molecule has 9 heteroatoms. The number of imidazole rings is 2. The van der Waals surface area contributed by atoms with Crippen molar-refractivity contribution < 1.29 is 14.2 Å². The number of fused-ring (bicyclic) bond motifs is 1. The molecule has 0 N–H and O–H groups in total. The minimum atomic E-state index is 0.471. The fourth-order valence-electron chi connectivity index (χ4n) is 5.95. The topological polar surface area (TPSA) is 111 Å². The van der Waals surface area contributed by atoms with Crippen LogP contribution in [0.2, 0.25) is 0 Å². The van der Waals surface area contributed by atoms with Gasteiger partial charge in [-0.05, 0) is 109 Å². The lowest BCUT2D eigenvalue weighted by Gasteiger charge is -2.17. The molecule has 0 bridgehead atoms. The van der Waals surface area contributed by atoms with Crippen molar-refractivity contribution in [2.24, 2.45) is 0 Å². The Morgan fingerprint density at radius 3 is 1.88 bits per heavy atom. The molecule has 51 heavy (non-hydrogen) atoms. The molecule has 0 spiro atoms. The average molecular weight is 675 g/mol. The molecule has 9 nitrogen and oxygen atoms in total. The molecule has 0 aliphatic heterocycles. The number of nitriles is 2. The molecule has 0 saturated heterocycles. The number of nitrogens with zero attached hydrogens (tertiary/aromatic N) is 6. The van der Waals surface area contributed by atoms with E-state index in [-0.39, 0.29) is 0 Å². The lowest BCUT2D eigenvalue weighted by molar-refractivity contribution is 0.378. The third kappa shape index (κ3) is 8.91. The van der Waals surface area contributed by atoms with Gasteiger partial charge in [-0.25, -0.2) is 9.97 Å². The third-order valence-electron chi connectivity index (χ3n) is 8.50. The van der Waals surface area contributed by atoms with E-state index in [9.17, 15) is 10.5 Å². The molecule has 0 amide bonds. The average Bonchev–Trinajstić information content (AvgIpc) is 3.88. The van der Waals surface area contributed by atoms with E-state index in [1.54, 1.807) is 38.2 Å². The van der Waals surface area contributed by atoms with Crippen LogP contribution >= 0.6 is 0 Å². The zero-order chi connectivity index (χ0) is 35.4. The van der Waals surface area contributed by atoms with Gasteiger partial charge in [0, 0.05) is 37.9 Å². The molecule has 6 aromatic rings. The van der Waals surface area contributed by atoms with E-state index in [0.717, 1.165) is 35.3 Å². The molecule has 4 aromatic carbocycles. The number of aromatic nitrogens is 4. The first kappa shape index (κ1) is 34.3. The molecular formula is C42H38N6O3. The van der Waals surface area contributed by atoms with Gasteiger partial charge in [0.25, 0.3) is 0 Å². The van der Waals surface area contributed by atoms with Crippen molar-refractivity contribution in [1.29, 1.82) is 10.5 Å². The summed E-state index contributed by atoms with van der Waals surface area (Å²) in [4.78, 5) is 8.11. The molecule has 0 fully saturated rings. The maximum absolute atomic E-state index is 9.40. The number of methoxy groups -OCH3 is 1. The zero-order valence-corrected chi connectivity index (χ0v) is 28.7. The summed E-state index contributed by atoms with van der Waals surface area (Å²) in [5.74, 6) is 3.09. The lowest BCUT2D eigenvalue weighted by Crippen LogP contribution is -2.02. The summed E-state index contributed by atoms with van der Waals surface area (Å²) >= 11 is 0. The molecule has 1 aliphatic carbocycles. The van der Waals surface area contributed by atoms with E-state index in [1.807, 2.05) is 95.2 Å². The van der Waals surface area contributed by atoms with E-state index in [4.69, 9.17) is 14.2 Å². The molecule has 1 aliphatic rings. The third-order valence-corrected chi connectivity index (χ3v) is 8.50. The lowest BCUT2D eigenvalue weighted by atomic mass is 9.92. The molecule has 2 aromatic heterocycles. The van der Waals surface area contributed by atoms with Crippen LogP contribution in [0.1, 0.15) is 58.7 Å². The van der Waals surface area contributed by atoms with Gasteiger partial charge in [0.2, 0.25) is 0 Å². The van der Waals surface area contributed by atoms with Crippen molar-refractivity contribution in [3.63, 3.8) is 0 Å². The highest BCUT2D eigenvalue weighted by molar-refractivity contribution is 5.57. The first-order chi connectivity index (χ1) is 25.0. The van der Waals surface area contributed by atoms with Crippen molar-refractivity contribution in [1.82, 2.24) is 19.1 Å². The van der Waals surface area contributed by atoms with Gasteiger partial charge in [-0.2, -0.15) is 10.5 Å². The summed E-state index contributed by atoms with van der Waals surface area (Å²) in [5.41, 5.74) is 6.92. The minimum absolute atomic E-state index is 0.471. The van der Waals surface area contributed by atoms with Gasteiger partial charge >= 0.3 is 0 Å². The van der Waals surface area contributed by atoms with Gasteiger partial charge in [0.15, 0.2) is 11.5 Å². The van der Waals surface area contributed by atoms with Crippen LogP contribution in [-0.2, 0) is 25.9 Å². The largest absolute Gasteiger partial charge is 0.493 e. The normalized spacial score (nSPS) is 11.8. The van der Waals surface area contributed by atoms with Gasteiger partial charge in [-0.1, -0.05) is 36.4 Å². The van der Waals surface area contributed by atoms with Crippen molar-refractivity contribution in [2.75, 3.05) is 7.11 Å². The summed E-state index contributed by atoms with van der Waals surface area (Å²) < 4.78 is 21.5. The van der Waals surface area contributed by atoms with E-state index in [2.05, 4.69) is 34.2 Å². The predicted octanol–water partition coefficient (Wildman–Crippen LogP) is 9.11. The van der Waals surface area contributed by atoms with Crippen molar-refractivity contribution in [3.05, 3.63) is 155 Å². The highest BCUT2D eigenvalue weighted by Gasteiger charge is 2.13. The first-order valence-corrected chi connectivity index (χ1v) is 16.8. The van der Waals surface area contributed by atoms with Crippen molar-refractivity contribution in [3.8, 4) is 40.9 Å². The Bertz CT molecular complexity index is 2190. The van der Waals surface area contributed by atoms with E-state index in [0.29, 0.717) is 47.2 Å². The second-order valence-corrected chi connectivity index (χ2v) is 12.1. The number of rotatable bonds is 10. The second-order valence-electron chi connectivity index (χ2n) is 12.1. The Labute approximate surface area is 298 Å². The van der Waals surface area contributed by atoms with Gasteiger partial charge < -0.3 is 23.3 Å². The number of allylic oxidation sites excluding steroid dienone is 1.